The van der Waals surface area contributed by atoms with Crippen LogP contribution < -0.4 is 25.7 Å². The van der Waals surface area contributed by atoms with Crippen molar-refractivity contribution in [3.05, 3.63) is 75.2 Å². The van der Waals surface area contributed by atoms with Crippen molar-refractivity contribution in [2.75, 3.05) is 32.2 Å². The van der Waals surface area contributed by atoms with E-state index >= 15 is 0 Å². The average Bonchev–Trinajstić information content (AvgIpc) is 3.56. The molecule has 9 nitrogen and oxygen atoms in total. The van der Waals surface area contributed by atoms with E-state index in [1.807, 2.05) is 18.2 Å². The molecule has 3 aliphatic rings. The van der Waals surface area contributed by atoms with E-state index in [1.54, 1.807) is 14.2 Å². The van der Waals surface area contributed by atoms with E-state index in [4.69, 9.17) is 20.2 Å². The van der Waals surface area contributed by atoms with Crippen molar-refractivity contribution in [1.82, 2.24) is 20.2 Å². The third-order valence-electron chi connectivity index (χ3n) is 9.21. The van der Waals surface area contributed by atoms with Gasteiger partial charge in [-0.15, -0.1) is 0 Å². The second-order valence-electron chi connectivity index (χ2n) is 11.0. The number of anilines is 1. The lowest BCUT2D eigenvalue weighted by Gasteiger charge is -2.42. The van der Waals surface area contributed by atoms with Gasteiger partial charge in [-0.1, -0.05) is 30.3 Å². The molecule has 196 valence electrons. The molecule has 1 saturated carbocycles. The zero-order chi connectivity index (χ0) is 26.1. The van der Waals surface area contributed by atoms with E-state index < -0.39 is 0 Å². The second-order valence-corrected chi connectivity index (χ2v) is 11.0. The van der Waals surface area contributed by atoms with Crippen molar-refractivity contribution in [1.29, 1.82) is 0 Å². The summed E-state index contributed by atoms with van der Waals surface area (Å²) >= 11 is 0. The summed E-state index contributed by atoms with van der Waals surface area (Å²) in [5.41, 5.74) is 11.3. The van der Waals surface area contributed by atoms with Gasteiger partial charge in [0.1, 0.15) is 5.39 Å². The van der Waals surface area contributed by atoms with Crippen LogP contribution in [0.3, 0.4) is 0 Å². The van der Waals surface area contributed by atoms with Crippen molar-refractivity contribution in [2.45, 2.75) is 43.6 Å². The summed E-state index contributed by atoms with van der Waals surface area (Å²) in [5, 5.41) is 8.22. The smallest absolute Gasteiger partial charge is 0.263 e. The molecule has 4 aromatic rings. The monoisotopic (exact) mass is 512 g/mol. The molecule has 2 fully saturated rings. The van der Waals surface area contributed by atoms with Gasteiger partial charge in [-0.05, 0) is 66.3 Å². The van der Waals surface area contributed by atoms with Crippen molar-refractivity contribution in [3.63, 3.8) is 0 Å². The van der Waals surface area contributed by atoms with Crippen LogP contribution in [-0.4, -0.2) is 47.5 Å². The molecule has 7 rings (SSSR count). The van der Waals surface area contributed by atoms with Gasteiger partial charge < -0.3 is 20.1 Å². The molecule has 2 aliphatic carbocycles. The van der Waals surface area contributed by atoms with Gasteiger partial charge in [0, 0.05) is 24.5 Å². The van der Waals surface area contributed by atoms with Crippen LogP contribution in [0.5, 0.6) is 11.5 Å². The first-order chi connectivity index (χ1) is 18.5. The van der Waals surface area contributed by atoms with Crippen LogP contribution in [0.15, 0.2) is 47.3 Å². The predicted octanol–water partition coefficient (Wildman–Crippen LogP) is 3.59. The molecule has 1 spiro atoms. The minimum Gasteiger partial charge on any atom is -0.493 e. The standard InChI is InChI=1S/C29H32N6O3/c1-37-20-8-7-18(15-21(20)38-2)29(9-10-29)24-22-25(34-33-24)31-27(32-26(22)36)35-13-11-28(12-14-35)16-17-5-3-4-6-19(17)23(28)30/h3-8,15,23H,9-14,16,30H2,1-2H3,(H2,31,32,33,34,36)/t23-/m1/s1. The van der Waals surface area contributed by atoms with E-state index in [2.05, 4.69) is 44.3 Å². The number of H-pyrrole nitrogens is 2. The van der Waals surface area contributed by atoms with Gasteiger partial charge in [-0.3, -0.25) is 14.9 Å². The highest BCUT2D eigenvalue weighted by Crippen LogP contribution is 2.55. The first kappa shape index (κ1) is 23.3. The van der Waals surface area contributed by atoms with Crippen molar-refractivity contribution >= 4 is 17.0 Å². The zero-order valence-electron chi connectivity index (χ0n) is 21.7. The van der Waals surface area contributed by atoms with Gasteiger partial charge in [-0.2, -0.15) is 10.1 Å². The van der Waals surface area contributed by atoms with Gasteiger partial charge in [0.15, 0.2) is 17.1 Å². The summed E-state index contributed by atoms with van der Waals surface area (Å²) in [7, 11) is 3.25. The Morgan fingerprint density at radius 3 is 2.50 bits per heavy atom. The van der Waals surface area contributed by atoms with Gasteiger partial charge in [0.05, 0.1) is 19.9 Å². The topological polar surface area (TPSA) is 122 Å². The highest BCUT2D eigenvalue weighted by molar-refractivity contribution is 5.80. The third-order valence-corrected chi connectivity index (χ3v) is 9.21. The number of nitrogens with zero attached hydrogens (tertiary/aromatic N) is 3. The minimum atomic E-state index is -0.334. The number of piperidine rings is 1. The largest absolute Gasteiger partial charge is 0.493 e. The highest BCUT2D eigenvalue weighted by Gasteiger charge is 2.50. The Labute approximate surface area is 220 Å². The number of hydrogen-bond donors (Lipinski definition) is 3. The second kappa shape index (κ2) is 8.33. The fourth-order valence-corrected chi connectivity index (χ4v) is 6.81. The molecule has 0 bridgehead atoms. The Balaban J connectivity index is 1.17. The molecule has 0 radical (unpaired) electrons. The Hall–Kier alpha value is -3.85. The number of aromatic nitrogens is 4. The molecule has 1 saturated heterocycles. The summed E-state index contributed by atoms with van der Waals surface area (Å²) in [6.07, 6.45) is 4.74. The SMILES string of the molecule is COc1ccc(C2(c3n[nH]c4nc(N5CCC6(CC5)Cc5ccccc5[C@H]6N)[nH]c(=O)c34)CC2)cc1OC. The number of rotatable bonds is 5. The number of hydrogen-bond acceptors (Lipinski definition) is 7. The number of aromatic amines is 2. The molecule has 0 amide bonds. The minimum absolute atomic E-state index is 0.0526. The van der Waals surface area contributed by atoms with E-state index in [-0.39, 0.29) is 22.4 Å². The first-order valence-electron chi connectivity index (χ1n) is 13.3. The van der Waals surface area contributed by atoms with E-state index in [0.29, 0.717) is 28.5 Å². The summed E-state index contributed by atoms with van der Waals surface area (Å²) in [4.78, 5) is 23.5. The van der Waals surface area contributed by atoms with Crippen LogP contribution in [0, 0.1) is 5.41 Å². The van der Waals surface area contributed by atoms with Crippen molar-refractivity contribution < 1.29 is 9.47 Å². The van der Waals surface area contributed by atoms with Gasteiger partial charge >= 0.3 is 0 Å². The Kier molecular flexibility index (Phi) is 5.10. The van der Waals surface area contributed by atoms with Crippen LogP contribution in [0.4, 0.5) is 5.95 Å². The first-order valence-corrected chi connectivity index (χ1v) is 13.3. The Morgan fingerprint density at radius 2 is 1.79 bits per heavy atom. The zero-order valence-corrected chi connectivity index (χ0v) is 21.7. The van der Waals surface area contributed by atoms with Crippen LogP contribution in [0.1, 0.15) is 54.1 Å². The number of methoxy groups -OCH3 is 2. The summed E-state index contributed by atoms with van der Waals surface area (Å²) in [5.74, 6) is 1.93. The molecule has 2 aromatic heterocycles. The molecule has 1 aliphatic heterocycles. The summed E-state index contributed by atoms with van der Waals surface area (Å²) in [6, 6.07) is 14.5. The maximum Gasteiger partial charge on any atom is 0.263 e. The number of nitrogens with two attached hydrogens (primary N) is 1. The Bertz CT molecular complexity index is 1600. The van der Waals surface area contributed by atoms with Crippen LogP contribution in [0.25, 0.3) is 11.0 Å². The molecule has 0 unspecified atom stereocenters. The number of benzene rings is 2. The van der Waals surface area contributed by atoms with Crippen LogP contribution in [0.2, 0.25) is 0 Å². The molecular weight excluding hydrogens is 480 g/mol. The molecule has 4 N–H and O–H groups in total. The quantitative estimate of drug-likeness (QED) is 0.374. The lowest BCUT2D eigenvalue weighted by molar-refractivity contribution is 0.187. The molecule has 3 heterocycles. The third kappa shape index (κ3) is 3.31. The lowest BCUT2D eigenvalue weighted by Crippen LogP contribution is -2.45. The predicted molar refractivity (Wildman–Crippen MR) is 145 cm³/mol. The van der Waals surface area contributed by atoms with E-state index in [1.165, 1.54) is 11.1 Å². The Morgan fingerprint density at radius 1 is 1.03 bits per heavy atom. The van der Waals surface area contributed by atoms with Crippen molar-refractivity contribution in [2.24, 2.45) is 11.1 Å². The van der Waals surface area contributed by atoms with Gasteiger partial charge in [0.25, 0.3) is 5.56 Å². The molecule has 2 aromatic carbocycles. The highest BCUT2D eigenvalue weighted by atomic mass is 16.5. The summed E-state index contributed by atoms with van der Waals surface area (Å²) in [6.45, 7) is 1.60. The van der Waals surface area contributed by atoms with Crippen LogP contribution in [-0.2, 0) is 11.8 Å². The van der Waals surface area contributed by atoms with Gasteiger partial charge in [0.2, 0.25) is 5.95 Å². The van der Waals surface area contributed by atoms with Gasteiger partial charge in [-0.25, -0.2) is 0 Å². The van der Waals surface area contributed by atoms with E-state index in [0.717, 1.165) is 56.5 Å². The maximum atomic E-state index is 13.5. The molecule has 38 heavy (non-hydrogen) atoms. The normalized spacial score (nSPS) is 21.0. The number of ether oxygens (including phenoxy) is 2. The molecular formula is C29H32N6O3. The maximum absolute atomic E-state index is 13.5. The fraction of sp³-hybridized carbons (Fsp3) is 0.414. The number of fused-ring (bicyclic) bond motifs is 2. The van der Waals surface area contributed by atoms with E-state index in [9.17, 15) is 4.79 Å². The number of nitrogens with one attached hydrogen (secondary N) is 2. The van der Waals surface area contributed by atoms with Crippen molar-refractivity contribution in [3.8, 4) is 11.5 Å². The fourth-order valence-electron chi connectivity index (χ4n) is 6.81. The molecule has 1 atom stereocenters. The summed E-state index contributed by atoms with van der Waals surface area (Å²) < 4.78 is 10.9. The average molecular weight is 513 g/mol. The van der Waals surface area contributed by atoms with Crippen LogP contribution >= 0.6 is 0 Å². The lowest BCUT2D eigenvalue weighted by atomic mass is 9.73. The molecule has 9 heteroatoms.